The van der Waals surface area contributed by atoms with E-state index in [4.69, 9.17) is 17.3 Å². The van der Waals surface area contributed by atoms with Gasteiger partial charge in [0.1, 0.15) is 27.0 Å². The van der Waals surface area contributed by atoms with Crippen molar-refractivity contribution in [2.75, 3.05) is 18.5 Å². The van der Waals surface area contributed by atoms with Crippen LogP contribution in [0.15, 0.2) is 45.1 Å². The number of thiocarbonyl (C=S) groups is 1. The van der Waals surface area contributed by atoms with Gasteiger partial charge in [-0.05, 0) is 29.7 Å². The van der Waals surface area contributed by atoms with Crippen LogP contribution in [-0.4, -0.2) is 55.4 Å². The van der Waals surface area contributed by atoms with Crippen LogP contribution in [0, 0.1) is 5.92 Å². The van der Waals surface area contributed by atoms with Gasteiger partial charge in [-0.1, -0.05) is 61.7 Å². The molecule has 0 atom stereocenters. The number of aliphatic carboxylic acids is 2. The molecule has 0 unspecified atom stereocenters. The first kappa shape index (κ1) is 26.2. The highest BCUT2D eigenvalue weighted by molar-refractivity contribution is 8.30. The second-order valence-corrected chi connectivity index (χ2v) is 11.9. The lowest BCUT2D eigenvalue weighted by molar-refractivity contribution is -0.140. The van der Waals surface area contributed by atoms with Crippen LogP contribution in [0.25, 0.3) is 10.5 Å². The summed E-state index contributed by atoms with van der Waals surface area (Å²) in [5.41, 5.74) is 1.23. The molecule has 9 nitrogen and oxygen atoms in total. The Bertz CT molecular complexity index is 1520. The average molecular weight is 564 g/mol. The smallest absolute Gasteiger partial charge is 0.323 e. The number of hydrogen-bond donors (Lipinski definition) is 2. The van der Waals surface area contributed by atoms with Crippen LogP contribution in [0.2, 0.25) is 0 Å². The zero-order valence-electron chi connectivity index (χ0n) is 19.4. The summed E-state index contributed by atoms with van der Waals surface area (Å²) in [5, 5.41) is 19.5. The Hall–Kier alpha value is -2.87. The second kappa shape index (κ2) is 10.2. The third-order valence-corrected chi connectivity index (χ3v) is 9.41. The quantitative estimate of drug-likeness (QED) is 0.505. The number of carbonyl (C=O) groups excluding carboxylic acids is 1. The van der Waals surface area contributed by atoms with E-state index in [2.05, 4.69) is 0 Å². The Labute approximate surface area is 223 Å². The number of allylic oxidation sites excluding steroid dienone is 1. The summed E-state index contributed by atoms with van der Waals surface area (Å²) in [4.78, 5) is 53.4. The van der Waals surface area contributed by atoms with Gasteiger partial charge >= 0.3 is 11.9 Å². The van der Waals surface area contributed by atoms with Crippen LogP contribution in [0.4, 0.5) is 5.69 Å². The maximum absolute atomic E-state index is 13.5. The molecule has 2 N–H and O–H groups in total. The van der Waals surface area contributed by atoms with Gasteiger partial charge < -0.3 is 15.1 Å². The van der Waals surface area contributed by atoms with Crippen molar-refractivity contribution in [2.24, 2.45) is 5.92 Å². The number of carbonyl (C=O) groups is 3. The van der Waals surface area contributed by atoms with Crippen LogP contribution in [0.3, 0.4) is 0 Å². The lowest BCUT2D eigenvalue weighted by Crippen LogP contribution is -2.37. The van der Waals surface area contributed by atoms with Crippen molar-refractivity contribution in [3.05, 3.63) is 54.9 Å². The van der Waals surface area contributed by atoms with Gasteiger partial charge in [0.25, 0.3) is 11.5 Å². The van der Waals surface area contributed by atoms with E-state index >= 15 is 0 Å². The second-order valence-electron chi connectivity index (χ2n) is 8.22. The van der Waals surface area contributed by atoms with Gasteiger partial charge in [-0.2, -0.15) is 0 Å². The molecule has 1 aromatic heterocycles. The Kier molecular flexibility index (Phi) is 7.46. The molecule has 0 radical (unpaired) electrons. The molecule has 0 saturated carbocycles. The SMILES string of the molecule is CC(C)C(/C=C1\Sc2ccccc2N1C)=c1\s/c(=C2\SC(=S)N(CC(=O)O)C2=O)n(CC(=O)O)c1=O. The van der Waals surface area contributed by atoms with Gasteiger partial charge in [-0.15, -0.1) is 11.3 Å². The van der Waals surface area contributed by atoms with Crippen LogP contribution in [0.1, 0.15) is 13.8 Å². The van der Waals surface area contributed by atoms with Gasteiger partial charge in [0, 0.05) is 11.9 Å². The fourth-order valence-electron chi connectivity index (χ4n) is 3.71. The molecule has 2 aromatic rings. The molecule has 1 fully saturated rings. The molecule has 188 valence electrons. The molecule has 13 heteroatoms. The summed E-state index contributed by atoms with van der Waals surface area (Å²) in [7, 11) is 1.94. The number of thiazole rings is 1. The predicted octanol–water partition coefficient (Wildman–Crippen LogP) is 1.94. The number of carboxylic acids is 2. The largest absolute Gasteiger partial charge is 0.480 e. The highest BCUT2D eigenvalue weighted by atomic mass is 32.2. The van der Waals surface area contributed by atoms with Crippen molar-refractivity contribution >= 4 is 85.4 Å². The number of aromatic nitrogens is 1. The molecule has 3 heterocycles. The summed E-state index contributed by atoms with van der Waals surface area (Å²) >= 11 is 8.64. The van der Waals surface area contributed by atoms with Crippen molar-refractivity contribution in [3.63, 3.8) is 0 Å². The highest BCUT2D eigenvalue weighted by Crippen LogP contribution is 2.45. The number of hydrogen-bond acceptors (Lipinski definition) is 9. The molecule has 0 spiro atoms. The minimum absolute atomic E-state index is 0.0404. The van der Waals surface area contributed by atoms with E-state index < -0.39 is 36.5 Å². The van der Waals surface area contributed by atoms with Gasteiger partial charge in [0.15, 0.2) is 0 Å². The lowest BCUT2D eigenvalue weighted by atomic mass is 10.0. The molecule has 2 aliphatic heterocycles. The normalized spacial score (nSPS) is 18.9. The van der Waals surface area contributed by atoms with Gasteiger partial charge in [-0.25, -0.2) is 0 Å². The van der Waals surface area contributed by atoms with Crippen molar-refractivity contribution in [1.82, 2.24) is 9.47 Å². The Morgan fingerprint density at radius 1 is 1.08 bits per heavy atom. The first-order valence-corrected chi connectivity index (χ1v) is 13.5. The van der Waals surface area contributed by atoms with Crippen molar-refractivity contribution in [3.8, 4) is 0 Å². The monoisotopic (exact) mass is 563 g/mol. The van der Waals surface area contributed by atoms with E-state index in [0.29, 0.717) is 10.1 Å². The number of benzene rings is 1. The molecule has 1 aromatic carbocycles. The molecule has 1 amide bonds. The number of rotatable bonds is 6. The highest BCUT2D eigenvalue weighted by Gasteiger charge is 2.35. The number of carboxylic acid groups (broad SMARTS) is 2. The minimum atomic E-state index is -1.24. The summed E-state index contributed by atoms with van der Waals surface area (Å²) in [5.74, 6) is -3.22. The number of para-hydroxylation sites is 1. The summed E-state index contributed by atoms with van der Waals surface area (Å²) in [6.45, 7) is 2.61. The number of nitrogens with zero attached hydrogens (tertiary/aromatic N) is 3. The number of amides is 1. The van der Waals surface area contributed by atoms with Crippen LogP contribution in [-0.2, 0) is 20.9 Å². The lowest BCUT2D eigenvalue weighted by Gasteiger charge is -2.15. The molecule has 0 bridgehead atoms. The topological polar surface area (TPSA) is 120 Å². The fraction of sp³-hybridized carbons (Fsp3) is 0.261. The van der Waals surface area contributed by atoms with Crippen molar-refractivity contribution in [2.45, 2.75) is 25.3 Å². The zero-order valence-corrected chi connectivity index (χ0v) is 22.6. The molecular formula is C23H21N3O6S4. The maximum atomic E-state index is 13.5. The van der Waals surface area contributed by atoms with Crippen LogP contribution < -0.4 is 19.7 Å². The summed E-state index contributed by atoms with van der Waals surface area (Å²) in [6, 6.07) is 7.93. The fourth-order valence-corrected chi connectivity index (χ4v) is 7.53. The Balaban J connectivity index is 1.96. The Morgan fingerprint density at radius 3 is 2.36 bits per heavy atom. The molecular weight excluding hydrogens is 543 g/mol. The third-order valence-electron chi connectivity index (χ3n) is 5.45. The molecule has 4 rings (SSSR count). The molecule has 0 aliphatic carbocycles. The zero-order chi connectivity index (χ0) is 26.3. The summed E-state index contributed by atoms with van der Waals surface area (Å²) < 4.78 is 1.56. The van der Waals surface area contributed by atoms with E-state index in [1.54, 1.807) is 11.8 Å². The average Bonchev–Trinajstić information content (AvgIpc) is 3.39. The number of anilines is 1. The van der Waals surface area contributed by atoms with E-state index in [1.807, 2.05) is 56.1 Å². The predicted molar refractivity (Wildman–Crippen MR) is 145 cm³/mol. The first-order valence-electron chi connectivity index (χ1n) is 10.7. The van der Waals surface area contributed by atoms with E-state index in [-0.39, 0.29) is 19.8 Å². The van der Waals surface area contributed by atoms with Gasteiger partial charge in [0.05, 0.1) is 15.2 Å². The van der Waals surface area contributed by atoms with Crippen LogP contribution in [0.5, 0.6) is 0 Å². The maximum Gasteiger partial charge on any atom is 0.323 e. The van der Waals surface area contributed by atoms with Crippen LogP contribution >= 0.6 is 47.1 Å². The van der Waals surface area contributed by atoms with Crippen molar-refractivity contribution in [1.29, 1.82) is 0 Å². The molecule has 2 aliphatic rings. The number of fused-ring (bicyclic) bond motifs is 1. The molecule has 1 saturated heterocycles. The van der Waals surface area contributed by atoms with E-state index in [9.17, 15) is 24.3 Å². The first-order chi connectivity index (χ1) is 17.0. The van der Waals surface area contributed by atoms with Gasteiger partial charge in [-0.3, -0.25) is 28.6 Å². The minimum Gasteiger partial charge on any atom is -0.480 e. The van der Waals surface area contributed by atoms with E-state index in [0.717, 1.165) is 48.2 Å². The Morgan fingerprint density at radius 2 is 1.75 bits per heavy atom. The third kappa shape index (κ3) is 4.88. The van der Waals surface area contributed by atoms with E-state index in [1.165, 1.54) is 0 Å². The van der Waals surface area contributed by atoms with Gasteiger partial charge in [0.2, 0.25) is 0 Å². The number of thioether (sulfide) groups is 2. The van der Waals surface area contributed by atoms with Crippen molar-refractivity contribution < 1.29 is 24.6 Å². The molecule has 36 heavy (non-hydrogen) atoms. The standard InChI is InChI=1S/C23H21N3O6S4/c1-11(2)12(8-15-24(3)13-6-4-5-7-14(13)34-15)18-20(31)25(9-16(27)28)22(35-18)19-21(32)26(10-17(29)30)23(33)36-19/h4-8,11H,9-10H2,1-3H3,(H,27,28)(H,29,30)/b15-8-,18-12-,22-19-. The summed E-state index contributed by atoms with van der Waals surface area (Å²) in [6.07, 6.45) is 1.92.